The summed E-state index contributed by atoms with van der Waals surface area (Å²) in [4.78, 5) is 0. The van der Waals surface area contributed by atoms with Gasteiger partial charge in [0.25, 0.3) is 0 Å². The van der Waals surface area contributed by atoms with Crippen molar-refractivity contribution in [2.45, 2.75) is 6.55 Å². The van der Waals surface area contributed by atoms with Crippen LogP contribution in [-0.4, -0.2) is 36.4 Å². The third-order valence-corrected chi connectivity index (χ3v) is 14.0. The largest absolute Gasteiger partial charge is 0.414 e. The second-order valence-corrected chi connectivity index (χ2v) is 13.7. The van der Waals surface area contributed by atoms with Gasteiger partial charge in [0, 0.05) is 0 Å². The Hall–Kier alpha value is -0.332. The average Bonchev–Trinajstić information content (AvgIpc) is 2.33. The Balaban J connectivity index is 2.90. The molecule has 0 aromatic rings. The van der Waals surface area contributed by atoms with Crippen LogP contribution in [0.25, 0.3) is 0 Å². The average molecular weight is 303 g/mol. The molecule has 0 spiro atoms. The Morgan fingerprint density at radius 1 is 0.824 bits per heavy atom. The molecule has 1 saturated heterocycles. The van der Waals surface area contributed by atoms with Crippen molar-refractivity contribution in [1.29, 1.82) is 0 Å². The van der Waals surface area contributed by atoms with E-state index in [-0.39, 0.29) is 0 Å². The predicted octanol–water partition coefficient (Wildman–Crippen LogP) is 0.701. The summed E-state index contributed by atoms with van der Waals surface area (Å²) in [6, 6.07) is 0. The van der Waals surface area contributed by atoms with Crippen molar-refractivity contribution < 1.29 is 16.5 Å². The van der Waals surface area contributed by atoms with E-state index in [2.05, 4.69) is 26.3 Å². The van der Waals surface area contributed by atoms with Crippen molar-refractivity contribution in [3.05, 3.63) is 49.1 Å². The maximum absolute atomic E-state index is 5.93. The second-order valence-electron chi connectivity index (χ2n) is 3.54. The van der Waals surface area contributed by atoms with Gasteiger partial charge in [-0.25, -0.2) is 0 Å². The Kier molecular flexibility index (Phi) is 5.68. The minimum atomic E-state index is -2.42. The van der Waals surface area contributed by atoms with E-state index in [1.807, 2.05) is 6.55 Å². The van der Waals surface area contributed by atoms with Gasteiger partial charge in [-0.3, -0.25) is 0 Å². The van der Waals surface area contributed by atoms with Gasteiger partial charge in [-0.1, -0.05) is 22.8 Å². The highest BCUT2D eigenvalue weighted by Gasteiger charge is 2.38. The molecule has 1 aliphatic rings. The van der Waals surface area contributed by atoms with Crippen LogP contribution >= 0.6 is 0 Å². The summed E-state index contributed by atoms with van der Waals surface area (Å²) in [5.41, 5.74) is 6.90. The van der Waals surface area contributed by atoms with Crippen molar-refractivity contribution >= 4 is 36.4 Å². The Morgan fingerprint density at radius 2 is 1.24 bits per heavy atom. The highest BCUT2D eigenvalue weighted by molar-refractivity contribution is 6.86. The van der Waals surface area contributed by atoms with Crippen LogP contribution in [0.15, 0.2) is 49.1 Å². The van der Waals surface area contributed by atoms with Gasteiger partial charge < -0.3 is 16.5 Å². The Bertz CT molecular complexity index is 302. The second kappa shape index (κ2) is 6.56. The van der Waals surface area contributed by atoms with E-state index in [4.69, 9.17) is 16.5 Å². The molecule has 0 radical (unpaired) electrons. The van der Waals surface area contributed by atoms with Gasteiger partial charge in [-0.05, 0) is 6.55 Å². The van der Waals surface area contributed by atoms with Gasteiger partial charge >= 0.3 is 36.4 Å². The molecule has 2 unspecified atom stereocenters. The topological polar surface area (TPSA) is 36.9 Å². The zero-order valence-electron chi connectivity index (χ0n) is 10.0. The molecule has 1 aliphatic heterocycles. The van der Waals surface area contributed by atoms with Gasteiger partial charge in [0.05, 0.1) is 0 Å². The summed E-state index contributed by atoms with van der Waals surface area (Å²) in [5, 5.41) is 0. The van der Waals surface area contributed by atoms with Crippen molar-refractivity contribution in [2.75, 3.05) is 0 Å². The zero-order valence-corrected chi connectivity index (χ0v) is 14.5. The van der Waals surface area contributed by atoms with Gasteiger partial charge in [0.1, 0.15) is 0 Å². The first-order valence-electron chi connectivity index (χ1n) is 5.24. The molecule has 0 amide bonds. The fourth-order valence-corrected chi connectivity index (χ4v) is 13.4. The van der Waals surface area contributed by atoms with Crippen LogP contribution in [0.1, 0.15) is 0 Å². The van der Waals surface area contributed by atoms with E-state index in [9.17, 15) is 0 Å². The molecular formula is C9H18O4Si4. The van der Waals surface area contributed by atoms with Crippen molar-refractivity contribution in [2.24, 2.45) is 0 Å². The molecule has 4 nitrogen and oxygen atoms in total. The van der Waals surface area contributed by atoms with Crippen molar-refractivity contribution in [3.8, 4) is 0 Å². The summed E-state index contributed by atoms with van der Waals surface area (Å²) >= 11 is 0. The van der Waals surface area contributed by atoms with Gasteiger partial charge in [0.15, 0.2) is 0 Å². The molecular weight excluding hydrogens is 284 g/mol. The molecule has 0 aromatic carbocycles. The lowest BCUT2D eigenvalue weighted by Gasteiger charge is -2.35. The number of rotatable bonds is 4. The van der Waals surface area contributed by atoms with E-state index in [1.54, 1.807) is 22.8 Å². The number of hydrogen-bond donors (Lipinski definition) is 0. The normalized spacial score (nSPS) is 38.5. The molecule has 17 heavy (non-hydrogen) atoms. The van der Waals surface area contributed by atoms with Crippen LogP contribution in [0, 0.1) is 0 Å². The van der Waals surface area contributed by atoms with Crippen LogP contribution in [0.5, 0.6) is 0 Å². The highest BCUT2D eigenvalue weighted by atomic mass is 28.5. The summed E-state index contributed by atoms with van der Waals surface area (Å²) in [7, 11) is -8.24. The lowest BCUT2D eigenvalue weighted by molar-refractivity contribution is 0.291. The lowest BCUT2D eigenvalue weighted by Crippen LogP contribution is -2.53. The van der Waals surface area contributed by atoms with Crippen molar-refractivity contribution in [1.82, 2.24) is 0 Å². The first-order chi connectivity index (χ1) is 8.06. The fraction of sp³-hybridized carbons (Fsp3) is 0.111. The molecule has 1 heterocycles. The molecule has 0 aromatic heterocycles. The van der Waals surface area contributed by atoms with Crippen LogP contribution in [0.2, 0.25) is 6.55 Å². The zero-order chi connectivity index (χ0) is 12.9. The highest BCUT2D eigenvalue weighted by Crippen LogP contribution is 2.17. The minimum absolute atomic E-state index is 1.72. The number of hydrogen-bond acceptors (Lipinski definition) is 4. The van der Waals surface area contributed by atoms with Gasteiger partial charge in [-0.15, -0.1) is 26.3 Å². The third-order valence-electron chi connectivity index (χ3n) is 2.18. The first kappa shape index (κ1) is 14.7. The molecule has 1 fully saturated rings. The SMILES string of the molecule is C=C[SiH]1O[SiH](C=C)O[Si](C)(C=C)O[SiH](C=C)O1. The Morgan fingerprint density at radius 3 is 1.53 bits per heavy atom. The monoisotopic (exact) mass is 302 g/mol. The van der Waals surface area contributed by atoms with Gasteiger partial charge in [-0.2, -0.15) is 0 Å². The summed E-state index contributed by atoms with van der Waals surface area (Å²) < 4.78 is 23.5. The lowest BCUT2D eigenvalue weighted by atomic mass is 11.3. The van der Waals surface area contributed by atoms with Crippen LogP contribution in [0.4, 0.5) is 0 Å². The van der Waals surface area contributed by atoms with Crippen LogP contribution < -0.4 is 0 Å². The molecule has 2 atom stereocenters. The summed E-state index contributed by atoms with van der Waals surface area (Å²) in [5.74, 6) is 0. The van der Waals surface area contributed by atoms with Crippen molar-refractivity contribution in [3.63, 3.8) is 0 Å². The third kappa shape index (κ3) is 4.12. The standard InChI is InChI=1S/C9H18O4Si4/c1-6-14-10-15(7-2)12-17(5,9-4)13-16(8-3)11-14/h6-9,14-16H,1-4H2,5H3. The van der Waals surface area contributed by atoms with E-state index in [0.717, 1.165) is 0 Å². The van der Waals surface area contributed by atoms with Crippen LogP contribution in [-0.2, 0) is 16.5 Å². The maximum Gasteiger partial charge on any atom is 0.343 e. The molecule has 0 bridgehead atoms. The molecule has 8 heteroatoms. The molecule has 0 saturated carbocycles. The molecule has 0 N–H and O–H groups in total. The quantitative estimate of drug-likeness (QED) is 0.717. The molecule has 94 valence electrons. The smallest absolute Gasteiger partial charge is 0.343 e. The maximum atomic E-state index is 5.93. The van der Waals surface area contributed by atoms with Gasteiger partial charge in [0.2, 0.25) is 0 Å². The fourth-order valence-electron chi connectivity index (χ4n) is 1.26. The van der Waals surface area contributed by atoms with E-state index in [1.165, 1.54) is 0 Å². The first-order valence-corrected chi connectivity index (χ1v) is 12.5. The predicted molar refractivity (Wildman–Crippen MR) is 78.2 cm³/mol. The summed E-state index contributed by atoms with van der Waals surface area (Å²) in [6.45, 7) is 16.9. The van der Waals surface area contributed by atoms with E-state index in [0.29, 0.717) is 0 Å². The molecule has 0 aliphatic carbocycles. The molecule has 1 rings (SSSR count). The van der Waals surface area contributed by atoms with Crippen LogP contribution in [0.3, 0.4) is 0 Å². The van der Waals surface area contributed by atoms with E-state index >= 15 is 0 Å². The summed E-state index contributed by atoms with van der Waals surface area (Å²) in [6.07, 6.45) is 0. The van der Waals surface area contributed by atoms with E-state index < -0.39 is 36.4 Å². The Labute approximate surface area is 109 Å². The minimum Gasteiger partial charge on any atom is -0.414 e.